The third kappa shape index (κ3) is 4.84. The van der Waals surface area contributed by atoms with Gasteiger partial charge in [-0.1, -0.05) is 20.8 Å². The summed E-state index contributed by atoms with van der Waals surface area (Å²) in [6, 6.07) is 0. The molecule has 0 aliphatic carbocycles. The van der Waals surface area contributed by atoms with Crippen LogP contribution in [0.15, 0.2) is 0 Å². The number of esters is 1. The van der Waals surface area contributed by atoms with Crippen LogP contribution in [-0.2, 0) is 14.3 Å². The van der Waals surface area contributed by atoms with Gasteiger partial charge in [0.05, 0.1) is 6.61 Å². The van der Waals surface area contributed by atoms with Crippen LogP contribution in [0.5, 0.6) is 0 Å². The molecular formula is C10H18O4. The van der Waals surface area contributed by atoms with Gasteiger partial charge < -0.3 is 9.84 Å². The van der Waals surface area contributed by atoms with E-state index < -0.39 is 17.9 Å². The molecule has 0 aromatic heterocycles. The highest BCUT2D eigenvalue weighted by Crippen LogP contribution is 2.25. The molecule has 0 rings (SSSR count). The van der Waals surface area contributed by atoms with E-state index in [1.807, 2.05) is 20.8 Å². The van der Waals surface area contributed by atoms with E-state index in [1.54, 1.807) is 6.92 Å². The number of carbonyl (C=O) groups excluding carboxylic acids is 1. The fourth-order valence-corrected chi connectivity index (χ4v) is 1.13. The lowest BCUT2D eigenvalue weighted by atomic mass is 9.85. The van der Waals surface area contributed by atoms with Crippen LogP contribution in [0.2, 0.25) is 0 Å². The predicted molar refractivity (Wildman–Crippen MR) is 51.8 cm³/mol. The highest BCUT2D eigenvalue weighted by molar-refractivity contribution is 5.93. The Labute approximate surface area is 84.3 Å². The Kier molecular flexibility index (Phi) is 4.60. The Hall–Kier alpha value is -1.06. The van der Waals surface area contributed by atoms with Crippen molar-refractivity contribution in [1.82, 2.24) is 0 Å². The number of ether oxygens (including phenoxy) is 1. The molecule has 0 spiro atoms. The van der Waals surface area contributed by atoms with Crippen LogP contribution < -0.4 is 0 Å². The van der Waals surface area contributed by atoms with Crippen molar-refractivity contribution in [3.8, 4) is 0 Å². The van der Waals surface area contributed by atoms with E-state index in [2.05, 4.69) is 0 Å². The van der Waals surface area contributed by atoms with Gasteiger partial charge in [0, 0.05) is 0 Å². The van der Waals surface area contributed by atoms with E-state index in [0.29, 0.717) is 6.42 Å². The van der Waals surface area contributed by atoms with Crippen molar-refractivity contribution in [1.29, 1.82) is 0 Å². The van der Waals surface area contributed by atoms with Crippen LogP contribution in [0, 0.1) is 11.3 Å². The molecule has 82 valence electrons. The smallest absolute Gasteiger partial charge is 0.320 e. The number of hydrogen-bond acceptors (Lipinski definition) is 3. The maximum absolute atomic E-state index is 11.3. The summed E-state index contributed by atoms with van der Waals surface area (Å²) in [7, 11) is 0. The summed E-state index contributed by atoms with van der Waals surface area (Å²) < 4.78 is 4.69. The molecule has 0 saturated carbocycles. The lowest BCUT2D eigenvalue weighted by molar-refractivity contribution is -0.159. The third-order valence-corrected chi connectivity index (χ3v) is 1.69. The quantitative estimate of drug-likeness (QED) is 0.556. The minimum Gasteiger partial charge on any atom is -0.481 e. The summed E-state index contributed by atoms with van der Waals surface area (Å²) >= 11 is 0. The molecule has 0 saturated heterocycles. The molecule has 0 amide bonds. The van der Waals surface area contributed by atoms with Gasteiger partial charge in [-0.2, -0.15) is 0 Å². The average Bonchev–Trinajstić information content (AvgIpc) is 1.98. The van der Waals surface area contributed by atoms with Crippen LogP contribution in [0.4, 0.5) is 0 Å². The van der Waals surface area contributed by atoms with Gasteiger partial charge in [-0.25, -0.2) is 0 Å². The van der Waals surface area contributed by atoms with Crippen molar-refractivity contribution in [2.24, 2.45) is 11.3 Å². The molecule has 0 bridgehead atoms. The zero-order valence-corrected chi connectivity index (χ0v) is 9.16. The number of carbonyl (C=O) groups is 2. The molecule has 1 N–H and O–H groups in total. The molecule has 4 heteroatoms. The second-order valence-corrected chi connectivity index (χ2v) is 4.41. The standard InChI is InChI=1S/C10H18O4/c1-5-14-9(13)7(8(11)12)6-10(2,3)4/h7H,5-6H2,1-4H3,(H,11,12). The van der Waals surface area contributed by atoms with E-state index >= 15 is 0 Å². The highest BCUT2D eigenvalue weighted by Gasteiger charge is 2.31. The molecule has 0 fully saturated rings. The fourth-order valence-electron chi connectivity index (χ4n) is 1.13. The van der Waals surface area contributed by atoms with Crippen LogP contribution in [0.25, 0.3) is 0 Å². The maximum atomic E-state index is 11.3. The molecule has 4 nitrogen and oxygen atoms in total. The van der Waals surface area contributed by atoms with E-state index in [9.17, 15) is 9.59 Å². The predicted octanol–water partition coefficient (Wildman–Crippen LogP) is 1.69. The Morgan fingerprint density at radius 1 is 1.36 bits per heavy atom. The van der Waals surface area contributed by atoms with E-state index in [1.165, 1.54) is 0 Å². The van der Waals surface area contributed by atoms with Gasteiger partial charge in [0.1, 0.15) is 0 Å². The summed E-state index contributed by atoms with van der Waals surface area (Å²) in [4.78, 5) is 22.1. The molecule has 0 heterocycles. The molecular weight excluding hydrogens is 184 g/mol. The van der Waals surface area contributed by atoms with Crippen molar-refractivity contribution in [2.75, 3.05) is 6.61 Å². The highest BCUT2D eigenvalue weighted by atomic mass is 16.5. The van der Waals surface area contributed by atoms with Crippen molar-refractivity contribution < 1.29 is 19.4 Å². The van der Waals surface area contributed by atoms with Crippen molar-refractivity contribution in [2.45, 2.75) is 34.1 Å². The number of carboxylic acid groups (broad SMARTS) is 1. The Morgan fingerprint density at radius 3 is 2.14 bits per heavy atom. The van der Waals surface area contributed by atoms with Crippen molar-refractivity contribution in [3.63, 3.8) is 0 Å². The topological polar surface area (TPSA) is 63.6 Å². The van der Waals surface area contributed by atoms with Crippen LogP contribution in [-0.4, -0.2) is 23.7 Å². The fraction of sp³-hybridized carbons (Fsp3) is 0.800. The molecule has 0 aliphatic heterocycles. The molecule has 14 heavy (non-hydrogen) atoms. The third-order valence-electron chi connectivity index (χ3n) is 1.69. The minimum atomic E-state index is -1.11. The van der Waals surface area contributed by atoms with Gasteiger partial charge in [-0.15, -0.1) is 0 Å². The molecule has 0 aromatic carbocycles. The first kappa shape index (κ1) is 12.9. The van der Waals surface area contributed by atoms with Crippen molar-refractivity contribution in [3.05, 3.63) is 0 Å². The SMILES string of the molecule is CCOC(=O)C(CC(C)(C)C)C(=O)O. The Bertz CT molecular complexity index is 215. The summed E-state index contributed by atoms with van der Waals surface area (Å²) in [5, 5.41) is 8.83. The van der Waals surface area contributed by atoms with Gasteiger partial charge in [0.2, 0.25) is 0 Å². The molecule has 1 atom stereocenters. The number of carboxylic acids is 1. The lowest BCUT2D eigenvalue weighted by Crippen LogP contribution is -2.29. The zero-order chi connectivity index (χ0) is 11.4. The molecule has 0 aromatic rings. The Balaban J connectivity index is 4.45. The zero-order valence-electron chi connectivity index (χ0n) is 9.16. The summed E-state index contributed by atoms with van der Waals surface area (Å²) in [5.41, 5.74) is -0.199. The monoisotopic (exact) mass is 202 g/mol. The van der Waals surface area contributed by atoms with Gasteiger partial charge in [-0.3, -0.25) is 9.59 Å². The summed E-state index contributed by atoms with van der Waals surface area (Å²) in [6.07, 6.45) is 0.293. The average molecular weight is 202 g/mol. The number of rotatable bonds is 4. The molecule has 1 unspecified atom stereocenters. The minimum absolute atomic E-state index is 0.199. The van der Waals surface area contributed by atoms with E-state index in [4.69, 9.17) is 9.84 Å². The second-order valence-electron chi connectivity index (χ2n) is 4.41. The van der Waals surface area contributed by atoms with Crippen LogP contribution >= 0.6 is 0 Å². The van der Waals surface area contributed by atoms with E-state index in [-0.39, 0.29) is 12.0 Å². The largest absolute Gasteiger partial charge is 0.481 e. The number of hydrogen-bond donors (Lipinski definition) is 1. The molecule has 0 aliphatic rings. The summed E-state index contributed by atoms with van der Waals surface area (Å²) in [6.45, 7) is 7.55. The van der Waals surface area contributed by atoms with Crippen LogP contribution in [0.3, 0.4) is 0 Å². The van der Waals surface area contributed by atoms with Gasteiger partial charge in [0.15, 0.2) is 5.92 Å². The first-order chi connectivity index (χ1) is 6.28. The van der Waals surface area contributed by atoms with Crippen molar-refractivity contribution >= 4 is 11.9 Å². The second kappa shape index (κ2) is 4.98. The maximum Gasteiger partial charge on any atom is 0.320 e. The first-order valence-electron chi connectivity index (χ1n) is 4.67. The summed E-state index contributed by atoms with van der Waals surface area (Å²) in [5.74, 6) is -2.80. The number of aliphatic carboxylic acids is 1. The van der Waals surface area contributed by atoms with Gasteiger partial charge in [-0.05, 0) is 18.8 Å². The molecule has 0 radical (unpaired) electrons. The Morgan fingerprint density at radius 2 is 1.86 bits per heavy atom. The first-order valence-corrected chi connectivity index (χ1v) is 4.67. The van der Waals surface area contributed by atoms with Gasteiger partial charge in [0.25, 0.3) is 0 Å². The van der Waals surface area contributed by atoms with E-state index in [0.717, 1.165) is 0 Å². The van der Waals surface area contributed by atoms with Gasteiger partial charge >= 0.3 is 11.9 Å². The lowest BCUT2D eigenvalue weighted by Gasteiger charge is -2.21. The van der Waals surface area contributed by atoms with Crippen LogP contribution in [0.1, 0.15) is 34.1 Å². The normalized spacial score (nSPS) is 13.4.